The lowest BCUT2D eigenvalue weighted by molar-refractivity contribution is 0.281. The minimum atomic E-state index is -0.231. The van der Waals surface area contributed by atoms with Crippen molar-refractivity contribution in [2.24, 2.45) is 0 Å². The van der Waals surface area contributed by atoms with Gasteiger partial charge in [-0.1, -0.05) is 17.3 Å². The number of pyridine rings is 1. The number of benzene rings is 1. The molecule has 31 heavy (non-hydrogen) atoms. The standard InChI is InChI=1S/C22H22N6O3/c1-15-12-20(25-31-15)28-18-8-9-23-13-19(18)27(22(28)30)14-21-24-16-6-2-3-7-17(16)26(21)10-4-5-11-29/h2-3,6-9,12-13,29H,4-5,10-11,14H2,1H3. The van der Waals surface area contributed by atoms with Crippen LogP contribution in [0, 0.1) is 6.92 Å². The van der Waals surface area contributed by atoms with E-state index >= 15 is 0 Å². The minimum Gasteiger partial charge on any atom is -0.396 e. The fourth-order valence-corrected chi connectivity index (χ4v) is 3.95. The smallest absolute Gasteiger partial charge is 0.335 e. The van der Waals surface area contributed by atoms with Crippen molar-refractivity contribution in [3.63, 3.8) is 0 Å². The molecule has 0 spiro atoms. The second-order valence-electron chi connectivity index (χ2n) is 7.46. The molecule has 0 saturated carbocycles. The molecule has 9 heteroatoms. The van der Waals surface area contributed by atoms with Gasteiger partial charge in [0.25, 0.3) is 0 Å². The summed E-state index contributed by atoms with van der Waals surface area (Å²) in [5, 5.41) is 13.2. The zero-order chi connectivity index (χ0) is 21.4. The first kappa shape index (κ1) is 19.3. The number of aryl methyl sites for hydroxylation is 2. The van der Waals surface area contributed by atoms with Crippen LogP contribution in [0.1, 0.15) is 24.4 Å². The van der Waals surface area contributed by atoms with E-state index in [0.717, 1.165) is 23.3 Å². The number of imidazole rings is 2. The number of hydrogen-bond acceptors (Lipinski definition) is 6. The molecule has 0 radical (unpaired) electrons. The van der Waals surface area contributed by atoms with Crippen molar-refractivity contribution in [3.05, 3.63) is 70.9 Å². The second-order valence-corrected chi connectivity index (χ2v) is 7.46. The Morgan fingerprint density at radius 1 is 1.06 bits per heavy atom. The van der Waals surface area contributed by atoms with Crippen LogP contribution in [0.4, 0.5) is 0 Å². The number of nitrogens with zero attached hydrogens (tertiary/aromatic N) is 6. The number of aromatic nitrogens is 6. The van der Waals surface area contributed by atoms with E-state index in [2.05, 4.69) is 14.7 Å². The Morgan fingerprint density at radius 2 is 1.94 bits per heavy atom. The highest BCUT2D eigenvalue weighted by Crippen LogP contribution is 2.21. The largest absolute Gasteiger partial charge is 0.396 e. The third-order valence-electron chi connectivity index (χ3n) is 5.40. The van der Waals surface area contributed by atoms with E-state index in [-0.39, 0.29) is 12.3 Å². The monoisotopic (exact) mass is 418 g/mol. The van der Waals surface area contributed by atoms with E-state index in [1.807, 2.05) is 24.3 Å². The summed E-state index contributed by atoms with van der Waals surface area (Å²) in [6, 6.07) is 11.4. The van der Waals surface area contributed by atoms with E-state index in [1.165, 1.54) is 4.57 Å². The molecule has 0 bridgehead atoms. The Morgan fingerprint density at radius 3 is 2.74 bits per heavy atom. The molecule has 5 aromatic rings. The number of aliphatic hydroxyl groups is 1. The SMILES string of the molecule is Cc1cc(-n2c(=O)n(Cc3nc4ccccc4n3CCCCO)c3cnccc32)no1. The highest BCUT2D eigenvalue weighted by atomic mass is 16.5. The summed E-state index contributed by atoms with van der Waals surface area (Å²) >= 11 is 0. The molecule has 0 aliphatic heterocycles. The Labute approximate surface area is 177 Å². The number of aliphatic hydroxyl groups excluding tert-OH is 1. The van der Waals surface area contributed by atoms with Crippen LogP contribution in [-0.4, -0.2) is 40.5 Å². The molecule has 4 aromatic heterocycles. The normalized spacial score (nSPS) is 11.7. The molecule has 0 amide bonds. The summed E-state index contributed by atoms with van der Waals surface area (Å²) in [4.78, 5) is 22.5. The first-order chi connectivity index (χ1) is 15.2. The van der Waals surface area contributed by atoms with Gasteiger partial charge in [0.05, 0.1) is 34.8 Å². The van der Waals surface area contributed by atoms with Crippen molar-refractivity contribution in [1.82, 2.24) is 28.8 Å². The predicted molar refractivity (Wildman–Crippen MR) is 115 cm³/mol. The van der Waals surface area contributed by atoms with Crippen LogP contribution in [0.25, 0.3) is 27.9 Å². The first-order valence-electron chi connectivity index (χ1n) is 10.2. The van der Waals surface area contributed by atoms with Gasteiger partial charge in [-0.25, -0.2) is 14.3 Å². The summed E-state index contributed by atoms with van der Waals surface area (Å²) in [6.07, 6.45) is 4.86. The zero-order valence-electron chi connectivity index (χ0n) is 17.1. The molecule has 4 heterocycles. The van der Waals surface area contributed by atoms with Gasteiger partial charge in [0.2, 0.25) is 0 Å². The molecule has 0 fully saturated rings. The molecule has 1 N–H and O–H groups in total. The Hall–Kier alpha value is -3.72. The lowest BCUT2D eigenvalue weighted by Crippen LogP contribution is -2.25. The number of fused-ring (bicyclic) bond motifs is 2. The third-order valence-corrected chi connectivity index (χ3v) is 5.40. The topological polar surface area (TPSA) is 104 Å². The molecule has 0 unspecified atom stereocenters. The van der Waals surface area contributed by atoms with E-state index in [9.17, 15) is 9.90 Å². The van der Waals surface area contributed by atoms with Crippen molar-refractivity contribution in [1.29, 1.82) is 0 Å². The van der Waals surface area contributed by atoms with Gasteiger partial charge >= 0.3 is 5.69 Å². The molecule has 0 aliphatic carbocycles. The Kier molecular flexibility index (Phi) is 4.87. The quantitative estimate of drug-likeness (QED) is 0.408. The van der Waals surface area contributed by atoms with Gasteiger partial charge in [0.15, 0.2) is 5.82 Å². The average Bonchev–Trinajstić information content (AvgIpc) is 3.43. The van der Waals surface area contributed by atoms with Crippen LogP contribution in [0.2, 0.25) is 0 Å². The first-order valence-corrected chi connectivity index (χ1v) is 10.2. The molecule has 158 valence electrons. The summed E-state index contributed by atoms with van der Waals surface area (Å²) < 4.78 is 10.5. The van der Waals surface area contributed by atoms with Gasteiger partial charge in [0.1, 0.15) is 11.6 Å². The number of rotatable bonds is 7. The maximum Gasteiger partial charge on any atom is 0.335 e. The number of para-hydroxylation sites is 2. The number of unbranched alkanes of at least 4 members (excludes halogenated alkanes) is 1. The summed E-state index contributed by atoms with van der Waals surface area (Å²) in [7, 11) is 0. The van der Waals surface area contributed by atoms with Gasteiger partial charge < -0.3 is 14.2 Å². The van der Waals surface area contributed by atoms with Gasteiger partial charge in [-0.2, -0.15) is 0 Å². The Bertz CT molecular complexity index is 1420. The lowest BCUT2D eigenvalue weighted by Gasteiger charge is -2.09. The van der Waals surface area contributed by atoms with Crippen LogP contribution in [0.3, 0.4) is 0 Å². The fourth-order valence-electron chi connectivity index (χ4n) is 3.95. The summed E-state index contributed by atoms with van der Waals surface area (Å²) in [6.45, 7) is 2.94. The predicted octanol–water partition coefficient (Wildman–Crippen LogP) is 2.65. The lowest BCUT2D eigenvalue weighted by atomic mass is 10.3. The van der Waals surface area contributed by atoms with Crippen LogP contribution < -0.4 is 5.69 Å². The van der Waals surface area contributed by atoms with Crippen molar-refractivity contribution < 1.29 is 9.63 Å². The third kappa shape index (κ3) is 3.32. The molecular formula is C22H22N6O3. The van der Waals surface area contributed by atoms with Gasteiger partial charge in [0, 0.05) is 25.4 Å². The van der Waals surface area contributed by atoms with Crippen LogP contribution in [0.5, 0.6) is 0 Å². The molecular weight excluding hydrogens is 396 g/mol. The van der Waals surface area contributed by atoms with Gasteiger partial charge in [-0.15, -0.1) is 0 Å². The van der Waals surface area contributed by atoms with Gasteiger partial charge in [-0.3, -0.25) is 9.55 Å². The molecule has 1 aromatic carbocycles. The van der Waals surface area contributed by atoms with E-state index in [4.69, 9.17) is 9.51 Å². The zero-order valence-corrected chi connectivity index (χ0v) is 17.1. The summed E-state index contributed by atoms with van der Waals surface area (Å²) in [5.41, 5.74) is 3.06. The van der Waals surface area contributed by atoms with E-state index in [1.54, 1.807) is 36.0 Å². The number of hydrogen-bond donors (Lipinski definition) is 1. The van der Waals surface area contributed by atoms with Crippen LogP contribution in [-0.2, 0) is 13.1 Å². The highest BCUT2D eigenvalue weighted by molar-refractivity contribution is 5.77. The highest BCUT2D eigenvalue weighted by Gasteiger charge is 2.19. The average molecular weight is 418 g/mol. The van der Waals surface area contributed by atoms with Crippen LogP contribution >= 0.6 is 0 Å². The molecule has 5 rings (SSSR count). The van der Waals surface area contributed by atoms with Gasteiger partial charge in [-0.05, 0) is 38.0 Å². The molecule has 9 nitrogen and oxygen atoms in total. The van der Waals surface area contributed by atoms with E-state index < -0.39 is 0 Å². The fraction of sp³-hybridized carbons (Fsp3) is 0.273. The van der Waals surface area contributed by atoms with Crippen molar-refractivity contribution >= 4 is 22.1 Å². The summed E-state index contributed by atoms with van der Waals surface area (Å²) in [5.74, 6) is 1.84. The van der Waals surface area contributed by atoms with Crippen molar-refractivity contribution in [2.75, 3.05) is 6.61 Å². The molecule has 0 atom stereocenters. The maximum absolute atomic E-state index is 13.4. The maximum atomic E-state index is 13.4. The van der Waals surface area contributed by atoms with E-state index in [0.29, 0.717) is 42.1 Å². The second kappa shape index (κ2) is 7.84. The minimum absolute atomic E-state index is 0.150. The van der Waals surface area contributed by atoms with Crippen LogP contribution in [0.15, 0.2) is 58.1 Å². The Balaban J connectivity index is 1.65. The molecule has 0 saturated heterocycles. The molecule has 0 aliphatic rings. The van der Waals surface area contributed by atoms with Crippen molar-refractivity contribution in [3.8, 4) is 5.82 Å². The van der Waals surface area contributed by atoms with Crippen molar-refractivity contribution in [2.45, 2.75) is 32.9 Å².